The summed E-state index contributed by atoms with van der Waals surface area (Å²) in [6.07, 6.45) is 1.26. The molecule has 0 aliphatic heterocycles. The Morgan fingerprint density at radius 2 is 2.07 bits per heavy atom. The van der Waals surface area contributed by atoms with Crippen molar-refractivity contribution < 1.29 is 0 Å². The number of fused-ring (bicyclic) bond motifs is 2. The van der Waals surface area contributed by atoms with Crippen molar-refractivity contribution in [2.45, 2.75) is 22.6 Å². The molecule has 0 saturated heterocycles. The van der Waals surface area contributed by atoms with Gasteiger partial charge in [0.15, 0.2) is 0 Å². The first-order valence-corrected chi connectivity index (χ1v) is 6.34. The maximum Gasteiger partial charge on any atom is 0.0880 e. The number of isothiocyanates is 1. The molecule has 1 nitrogen and oxygen atoms in total. The summed E-state index contributed by atoms with van der Waals surface area (Å²) in [5.41, 5.74) is 0. The van der Waals surface area contributed by atoms with Crippen LogP contribution in [-0.2, 0) is 0 Å². The van der Waals surface area contributed by atoms with Gasteiger partial charge in [0.2, 0.25) is 0 Å². The lowest BCUT2D eigenvalue weighted by atomic mass is 9.92. The third-order valence-corrected chi connectivity index (χ3v) is 5.69. The molecule has 1 fully saturated rings. The molecule has 0 aromatic rings. The predicted molar refractivity (Wildman–Crippen MR) is 68.5 cm³/mol. The summed E-state index contributed by atoms with van der Waals surface area (Å²) in [4.78, 5) is 2.65. The molecule has 0 heterocycles. The van der Waals surface area contributed by atoms with Crippen molar-refractivity contribution in [3.8, 4) is 0 Å². The summed E-state index contributed by atoms with van der Waals surface area (Å²) in [5.74, 6) is 0.0853. The van der Waals surface area contributed by atoms with Crippen molar-refractivity contribution >= 4 is 63.8 Å². The molecule has 6 heteroatoms. The number of alkyl halides is 2. The van der Waals surface area contributed by atoms with Gasteiger partial charge in [0, 0.05) is 5.92 Å². The standard InChI is InChI=1S/C9H7Cl4NS/c10-6-7(11)9(13)3-8(6,12)1-5(9)2-14-4-15/h5H,1-3H2/t5-,8+,9-/m1/s1. The van der Waals surface area contributed by atoms with Gasteiger partial charge in [-0.15, -0.1) is 23.2 Å². The zero-order chi connectivity index (χ0) is 11.3. The van der Waals surface area contributed by atoms with Crippen LogP contribution in [0.25, 0.3) is 0 Å². The number of hydrogen-bond acceptors (Lipinski definition) is 2. The van der Waals surface area contributed by atoms with Crippen LogP contribution in [0.3, 0.4) is 0 Å². The predicted octanol–water partition coefficient (Wildman–Crippen LogP) is 4.16. The zero-order valence-corrected chi connectivity index (χ0v) is 11.4. The van der Waals surface area contributed by atoms with Crippen LogP contribution in [0.2, 0.25) is 0 Å². The van der Waals surface area contributed by atoms with E-state index in [0.717, 1.165) is 0 Å². The van der Waals surface area contributed by atoms with Crippen molar-refractivity contribution in [2.75, 3.05) is 6.54 Å². The fraction of sp³-hybridized carbons (Fsp3) is 0.667. The quantitative estimate of drug-likeness (QED) is 0.424. The molecule has 3 atom stereocenters. The Morgan fingerprint density at radius 1 is 1.40 bits per heavy atom. The van der Waals surface area contributed by atoms with E-state index in [-0.39, 0.29) is 5.92 Å². The molecule has 15 heavy (non-hydrogen) atoms. The van der Waals surface area contributed by atoms with Gasteiger partial charge in [0.1, 0.15) is 0 Å². The van der Waals surface area contributed by atoms with Crippen molar-refractivity contribution in [2.24, 2.45) is 10.9 Å². The number of nitrogens with zero attached hydrogens (tertiary/aromatic N) is 1. The molecule has 2 rings (SSSR count). The van der Waals surface area contributed by atoms with Crippen LogP contribution >= 0.6 is 58.6 Å². The summed E-state index contributed by atoms with van der Waals surface area (Å²) in [6, 6.07) is 0. The van der Waals surface area contributed by atoms with E-state index in [0.29, 0.717) is 29.5 Å². The minimum absolute atomic E-state index is 0.0853. The van der Waals surface area contributed by atoms with Gasteiger partial charge >= 0.3 is 0 Å². The summed E-state index contributed by atoms with van der Waals surface area (Å²) >= 11 is 29.5. The van der Waals surface area contributed by atoms with E-state index >= 15 is 0 Å². The fourth-order valence-corrected chi connectivity index (χ4v) is 4.25. The van der Waals surface area contributed by atoms with Gasteiger partial charge in [-0.25, -0.2) is 4.99 Å². The van der Waals surface area contributed by atoms with Crippen molar-refractivity contribution in [3.05, 3.63) is 10.1 Å². The van der Waals surface area contributed by atoms with E-state index in [1.54, 1.807) is 0 Å². The first-order chi connectivity index (χ1) is 6.94. The molecule has 1 saturated carbocycles. The number of allylic oxidation sites excluding steroid dienone is 2. The van der Waals surface area contributed by atoms with Gasteiger partial charge in [-0.2, -0.15) is 0 Å². The Labute approximate surface area is 113 Å². The second-order valence-corrected chi connectivity index (χ2v) is 6.30. The summed E-state index contributed by atoms with van der Waals surface area (Å²) in [7, 11) is 0. The van der Waals surface area contributed by atoms with Crippen LogP contribution in [-0.4, -0.2) is 21.5 Å². The summed E-state index contributed by atoms with van der Waals surface area (Å²) in [6.45, 7) is 0.502. The van der Waals surface area contributed by atoms with Crippen molar-refractivity contribution in [1.29, 1.82) is 0 Å². The van der Waals surface area contributed by atoms with E-state index < -0.39 is 9.75 Å². The SMILES string of the molecule is S=C=NC[C@H]1C[C@]2(Cl)C[C@]1(Cl)C(Cl)=C2Cl. The fourth-order valence-electron chi connectivity index (χ4n) is 2.34. The third-order valence-electron chi connectivity index (χ3n) is 3.08. The molecule has 82 valence electrons. The molecule has 0 aromatic heterocycles. The average Bonchev–Trinajstić information content (AvgIpc) is 2.54. The summed E-state index contributed by atoms with van der Waals surface area (Å²) in [5, 5.41) is 3.28. The molecule has 0 amide bonds. The van der Waals surface area contributed by atoms with E-state index in [1.807, 2.05) is 0 Å². The molecule has 0 spiro atoms. The molecule has 2 bridgehead atoms. The van der Waals surface area contributed by atoms with Gasteiger partial charge in [0.25, 0.3) is 0 Å². The zero-order valence-electron chi connectivity index (χ0n) is 7.57. The number of aliphatic imine (C=N–C) groups is 1. The van der Waals surface area contributed by atoms with Crippen LogP contribution in [0.1, 0.15) is 12.8 Å². The van der Waals surface area contributed by atoms with Gasteiger partial charge in [-0.3, -0.25) is 0 Å². The number of rotatable bonds is 2. The molecule has 0 unspecified atom stereocenters. The minimum Gasteiger partial charge on any atom is -0.232 e. The Morgan fingerprint density at radius 3 is 2.53 bits per heavy atom. The van der Waals surface area contributed by atoms with Gasteiger partial charge in [-0.1, -0.05) is 23.2 Å². The van der Waals surface area contributed by atoms with E-state index in [4.69, 9.17) is 46.4 Å². The number of thiocarbonyl (C=S) groups is 1. The molecular formula is C9H7Cl4NS. The first kappa shape index (κ1) is 12.2. The second-order valence-electron chi connectivity index (χ2n) is 3.97. The van der Waals surface area contributed by atoms with E-state index in [9.17, 15) is 0 Å². The molecule has 2 aliphatic rings. The maximum atomic E-state index is 6.45. The third kappa shape index (κ3) is 1.67. The van der Waals surface area contributed by atoms with Crippen LogP contribution in [0.5, 0.6) is 0 Å². The van der Waals surface area contributed by atoms with Crippen molar-refractivity contribution in [3.63, 3.8) is 0 Å². The average molecular weight is 303 g/mol. The van der Waals surface area contributed by atoms with Crippen LogP contribution < -0.4 is 0 Å². The number of hydrogen-bond donors (Lipinski definition) is 0. The van der Waals surface area contributed by atoms with E-state index in [2.05, 4.69) is 22.4 Å². The lowest BCUT2D eigenvalue weighted by Gasteiger charge is -2.28. The molecular weight excluding hydrogens is 296 g/mol. The van der Waals surface area contributed by atoms with Gasteiger partial charge in [-0.05, 0) is 25.1 Å². The first-order valence-electron chi connectivity index (χ1n) is 4.42. The molecule has 0 aromatic carbocycles. The second kappa shape index (κ2) is 3.87. The highest BCUT2D eigenvalue weighted by Crippen LogP contribution is 2.65. The lowest BCUT2D eigenvalue weighted by Crippen LogP contribution is -2.29. The Hall–Kier alpha value is 0.700. The van der Waals surface area contributed by atoms with Crippen molar-refractivity contribution in [1.82, 2.24) is 0 Å². The normalized spacial score (nSPS) is 43.3. The van der Waals surface area contributed by atoms with Gasteiger partial charge in [0.05, 0.1) is 31.5 Å². The Balaban J connectivity index is 2.34. The number of halogens is 4. The molecule has 0 radical (unpaired) electrons. The van der Waals surface area contributed by atoms with Gasteiger partial charge < -0.3 is 0 Å². The highest BCUT2D eigenvalue weighted by Gasteiger charge is 2.62. The minimum atomic E-state index is -0.657. The monoisotopic (exact) mass is 301 g/mol. The molecule has 0 N–H and O–H groups in total. The maximum absolute atomic E-state index is 6.45. The lowest BCUT2D eigenvalue weighted by molar-refractivity contribution is 0.481. The summed E-state index contributed by atoms with van der Waals surface area (Å²) < 4.78 is 0. The topological polar surface area (TPSA) is 12.4 Å². The Kier molecular flexibility index (Phi) is 3.14. The highest BCUT2D eigenvalue weighted by atomic mass is 35.5. The molecule has 2 aliphatic carbocycles. The Bertz CT molecular complexity index is 390. The van der Waals surface area contributed by atoms with Crippen LogP contribution in [0.4, 0.5) is 0 Å². The van der Waals surface area contributed by atoms with Crippen LogP contribution in [0, 0.1) is 5.92 Å². The highest BCUT2D eigenvalue weighted by molar-refractivity contribution is 7.78. The largest absolute Gasteiger partial charge is 0.232 e. The van der Waals surface area contributed by atoms with E-state index in [1.165, 1.54) is 0 Å². The van der Waals surface area contributed by atoms with Crippen LogP contribution in [0.15, 0.2) is 15.1 Å². The smallest absolute Gasteiger partial charge is 0.0880 e.